The van der Waals surface area contributed by atoms with Gasteiger partial charge in [-0.25, -0.2) is 0 Å². The highest BCUT2D eigenvalue weighted by molar-refractivity contribution is 5.37. The molecule has 0 bridgehead atoms. The molecular weight excluding hydrogens is 248 g/mol. The van der Waals surface area contributed by atoms with Crippen LogP contribution in [0.3, 0.4) is 0 Å². The summed E-state index contributed by atoms with van der Waals surface area (Å²) >= 11 is 0. The maximum Gasteiger partial charge on any atom is 0.151 e. The fraction of sp³-hybridized carbons (Fsp3) is 0.750. The molecule has 1 N–H and O–H groups in total. The molecule has 20 heavy (non-hydrogen) atoms. The molecule has 2 rings (SSSR count). The summed E-state index contributed by atoms with van der Waals surface area (Å²) in [5.74, 6) is 1.03. The van der Waals surface area contributed by atoms with E-state index >= 15 is 0 Å². The lowest BCUT2D eigenvalue weighted by Gasteiger charge is -2.23. The maximum absolute atomic E-state index is 4.41. The first-order valence-corrected chi connectivity index (χ1v) is 7.89. The molecule has 1 aromatic rings. The molecular formula is C16H28N4. The fourth-order valence-corrected chi connectivity index (χ4v) is 2.66. The molecule has 1 fully saturated rings. The fourth-order valence-electron chi connectivity index (χ4n) is 2.66. The third kappa shape index (κ3) is 4.44. The second-order valence-corrected chi connectivity index (χ2v) is 6.56. The van der Waals surface area contributed by atoms with E-state index < -0.39 is 0 Å². The van der Waals surface area contributed by atoms with E-state index in [9.17, 15) is 0 Å². The van der Waals surface area contributed by atoms with Crippen LogP contribution in [0.4, 0.5) is 5.82 Å². The Labute approximate surface area is 123 Å². The van der Waals surface area contributed by atoms with Gasteiger partial charge in [0.2, 0.25) is 0 Å². The Morgan fingerprint density at radius 1 is 1.20 bits per heavy atom. The van der Waals surface area contributed by atoms with Crippen molar-refractivity contribution in [3.63, 3.8) is 0 Å². The molecule has 0 amide bonds. The van der Waals surface area contributed by atoms with Gasteiger partial charge in [0.1, 0.15) is 0 Å². The predicted molar refractivity (Wildman–Crippen MR) is 83.9 cm³/mol. The zero-order valence-corrected chi connectivity index (χ0v) is 13.2. The number of nitrogens with zero attached hydrogens (tertiary/aromatic N) is 3. The molecule has 1 aromatic heterocycles. The molecule has 4 nitrogen and oxygen atoms in total. The minimum absolute atomic E-state index is 0.464. The molecule has 1 aliphatic heterocycles. The van der Waals surface area contributed by atoms with Crippen molar-refractivity contribution in [1.29, 1.82) is 0 Å². The Balaban J connectivity index is 1.92. The lowest BCUT2D eigenvalue weighted by molar-refractivity contribution is 0.325. The van der Waals surface area contributed by atoms with Gasteiger partial charge in [-0.05, 0) is 49.8 Å². The first kappa shape index (κ1) is 15.2. The van der Waals surface area contributed by atoms with Crippen molar-refractivity contribution in [2.75, 3.05) is 24.5 Å². The molecule has 4 heteroatoms. The molecule has 0 atom stereocenters. The normalized spacial score (nSPS) is 18.9. The summed E-state index contributed by atoms with van der Waals surface area (Å²) in [6.45, 7) is 10.9. The van der Waals surface area contributed by atoms with E-state index in [0.717, 1.165) is 44.1 Å². The average molecular weight is 276 g/mol. The number of anilines is 1. The van der Waals surface area contributed by atoms with Crippen LogP contribution in [-0.2, 0) is 6.54 Å². The van der Waals surface area contributed by atoms with Crippen molar-refractivity contribution in [3.05, 3.63) is 17.8 Å². The van der Waals surface area contributed by atoms with Gasteiger partial charge in [0.15, 0.2) is 5.82 Å². The summed E-state index contributed by atoms with van der Waals surface area (Å²) in [7, 11) is 0. The monoisotopic (exact) mass is 276 g/mol. The molecule has 112 valence electrons. The van der Waals surface area contributed by atoms with Crippen molar-refractivity contribution in [2.24, 2.45) is 5.41 Å². The lowest BCUT2D eigenvalue weighted by Crippen LogP contribution is -2.26. The van der Waals surface area contributed by atoms with Crippen molar-refractivity contribution >= 4 is 5.82 Å². The summed E-state index contributed by atoms with van der Waals surface area (Å²) < 4.78 is 0. The van der Waals surface area contributed by atoms with Crippen LogP contribution < -0.4 is 10.2 Å². The average Bonchev–Trinajstić information content (AvgIpc) is 2.61. The van der Waals surface area contributed by atoms with E-state index in [1.807, 2.05) is 0 Å². The molecule has 2 heterocycles. The van der Waals surface area contributed by atoms with Crippen molar-refractivity contribution in [1.82, 2.24) is 15.5 Å². The quantitative estimate of drug-likeness (QED) is 0.839. The largest absolute Gasteiger partial charge is 0.355 e. The standard InChI is InChI=1S/C16H28N4/c1-4-10-17-13-14-6-7-15(19-18-14)20-11-5-8-16(2,3)9-12-20/h6-7,17H,4-5,8-13H2,1-3H3. The van der Waals surface area contributed by atoms with Gasteiger partial charge in [-0.2, -0.15) is 5.10 Å². The summed E-state index contributed by atoms with van der Waals surface area (Å²) in [5.41, 5.74) is 1.49. The van der Waals surface area contributed by atoms with Crippen LogP contribution in [0.25, 0.3) is 0 Å². The lowest BCUT2D eigenvalue weighted by atomic mass is 9.85. The first-order chi connectivity index (χ1) is 9.61. The second kappa shape index (κ2) is 7.02. The molecule has 0 aromatic carbocycles. The van der Waals surface area contributed by atoms with Crippen LogP contribution in [0.1, 0.15) is 52.1 Å². The molecule has 0 spiro atoms. The summed E-state index contributed by atoms with van der Waals surface area (Å²) in [6.07, 6.45) is 4.92. The van der Waals surface area contributed by atoms with Crippen LogP contribution in [0.2, 0.25) is 0 Å². The molecule has 0 saturated carbocycles. The SMILES string of the molecule is CCCNCc1ccc(N2CCCC(C)(C)CC2)nn1. The Kier molecular flexibility index (Phi) is 5.35. The van der Waals surface area contributed by atoms with E-state index in [2.05, 4.69) is 53.3 Å². The van der Waals surface area contributed by atoms with Crippen LogP contribution in [-0.4, -0.2) is 29.8 Å². The number of hydrogen-bond donors (Lipinski definition) is 1. The van der Waals surface area contributed by atoms with Crippen LogP contribution in [0.5, 0.6) is 0 Å². The van der Waals surface area contributed by atoms with Gasteiger partial charge < -0.3 is 10.2 Å². The van der Waals surface area contributed by atoms with E-state index in [1.54, 1.807) is 0 Å². The van der Waals surface area contributed by atoms with Crippen LogP contribution >= 0.6 is 0 Å². The van der Waals surface area contributed by atoms with Gasteiger partial charge in [-0.15, -0.1) is 5.10 Å². The van der Waals surface area contributed by atoms with E-state index in [4.69, 9.17) is 0 Å². The van der Waals surface area contributed by atoms with Gasteiger partial charge in [-0.1, -0.05) is 20.8 Å². The first-order valence-electron chi connectivity index (χ1n) is 7.89. The molecule has 1 saturated heterocycles. The van der Waals surface area contributed by atoms with Crippen molar-refractivity contribution in [3.8, 4) is 0 Å². The Morgan fingerprint density at radius 3 is 2.75 bits per heavy atom. The second-order valence-electron chi connectivity index (χ2n) is 6.56. The summed E-state index contributed by atoms with van der Waals surface area (Å²) in [6, 6.07) is 4.22. The minimum Gasteiger partial charge on any atom is -0.355 e. The zero-order valence-electron chi connectivity index (χ0n) is 13.2. The highest BCUT2D eigenvalue weighted by Crippen LogP contribution is 2.30. The Bertz CT molecular complexity index is 399. The van der Waals surface area contributed by atoms with E-state index in [1.165, 1.54) is 19.3 Å². The number of hydrogen-bond acceptors (Lipinski definition) is 4. The Hall–Kier alpha value is -1.16. The van der Waals surface area contributed by atoms with Gasteiger partial charge in [0, 0.05) is 19.6 Å². The molecule has 0 aliphatic carbocycles. The maximum atomic E-state index is 4.41. The number of nitrogens with one attached hydrogen (secondary N) is 1. The van der Waals surface area contributed by atoms with Gasteiger partial charge in [0.25, 0.3) is 0 Å². The van der Waals surface area contributed by atoms with E-state index in [0.29, 0.717) is 5.41 Å². The minimum atomic E-state index is 0.464. The third-order valence-electron chi connectivity index (χ3n) is 4.10. The molecule has 0 unspecified atom stereocenters. The van der Waals surface area contributed by atoms with E-state index in [-0.39, 0.29) is 0 Å². The van der Waals surface area contributed by atoms with Crippen LogP contribution in [0.15, 0.2) is 12.1 Å². The summed E-state index contributed by atoms with van der Waals surface area (Å²) in [5, 5.41) is 12.1. The van der Waals surface area contributed by atoms with Gasteiger partial charge in [-0.3, -0.25) is 0 Å². The topological polar surface area (TPSA) is 41.0 Å². The Morgan fingerprint density at radius 2 is 2.05 bits per heavy atom. The van der Waals surface area contributed by atoms with Crippen LogP contribution in [0, 0.1) is 5.41 Å². The number of aromatic nitrogens is 2. The van der Waals surface area contributed by atoms with Crippen molar-refractivity contribution < 1.29 is 0 Å². The zero-order chi connectivity index (χ0) is 14.4. The molecule has 1 aliphatic rings. The summed E-state index contributed by atoms with van der Waals surface area (Å²) in [4.78, 5) is 2.38. The molecule has 0 radical (unpaired) electrons. The van der Waals surface area contributed by atoms with Gasteiger partial charge in [0.05, 0.1) is 5.69 Å². The van der Waals surface area contributed by atoms with Gasteiger partial charge >= 0.3 is 0 Å². The van der Waals surface area contributed by atoms with Crippen molar-refractivity contribution in [2.45, 2.75) is 53.0 Å². The third-order valence-corrected chi connectivity index (χ3v) is 4.10. The predicted octanol–water partition coefficient (Wildman–Crippen LogP) is 2.99. The highest BCUT2D eigenvalue weighted by Gasteiger charge is 2.23. The number of rotatable bonds is 5. The highest BCUT2D eigenvalue weighted by atomic mass is 15.3. The smallest absolute Gasteiger partial charge is 0.151 e.